The van der Waals surface area contributed by atoms with Crippen molar-refractivity contribution in [2.45, 2.75) is 33.7 Å². The van der Waals surface area contributed by atoms with Gasteiger partial charge in [0, 0.05) is 17.8 Å². The maximum atomic E-state index is 4.61. The molecule has 2 heterocycles. The quantitative estimate of drug-likeness (QED) is 0.928. The van der Waals surface area contributed by atoms with Gasteiger partial charge in [-0.3, -0.25) is 4.68 Å². The van der Waals surface area contributed by atoms with Crippen molar-refractivity contribution in [3.63, 3.8) is 0 Å². The first-order chi connectivity index (χ1) is 9.65. The molecule has 1 aromatic carbocycles. The van der Waals surface area contributed by atoms with Gasteiger partial charge < -0.3 is 5.32 Å². The van der Waals surface area contributed by atoms with Gasteiger partial charge in [0.05, 0.1) is 6.20 Å². The molecule has 1 unspecified atom stereocenters. The molecule has 3 heteroatoms. The van der Waals surface area contributed by atoms with Gasteiger partial charge in [-0.05, 0) is 57.3 Å². The molecule has 0 radical (unpaired) electrons. The minimum absolute atomic E-state index is 0.723. The van der Waals surface area contributed by atoms with Crippen molar-refractivity contribution < 1.29 is 0 Å². The standard InChI is InChI=1S/C17H23N3/c1-12-4-5-16(13(2)8-12)17-10-19-20(14(17)3)11-15-6-7-18-9-15/h4-5,8,10,15,18H,6-7,9,11H2,1-3H3. The molecule has 2 aromatic rings. The van der Waals surface area contributed by atoms with Crippen LogP contribution in [0, 0.1) is 26.7 Å². The predicted molar refractivity (Wildman–Crippen MR) is 82.9 cm³/mol. The van der Waals surface area contributed by atoms with E-state index < -0.39 is 0 Å². The fourth-order valence-electron chi connectivity index (χ4n) is 3.13. The summed E-state index contributed by atoms with van der Waals surface area (Å²) in [6, 6.07) is 6.64. The monoisotopic (exact) mass is 269 g/mol. The van der Waals surface area contributed by atoms with Crippen molar-refractivity contribution in [2.75, 3.05) is 13.1 Å². The molecular weight excluding hydrogens is 246 g/mol. The number of aryl methyl sites for hydroxylation is 2. The predicted octanol–water partition coefficient (Wildman–Crippen LogP) is 3.08. The summed E-state index contributed by atoms with van der Waals surface area (Å²) in [7, 11) is 0. The van der Waals surface area contributed by atoms with Crippen molar-refractivity contribution in [2.24, 2.45) is 5.92 Å². The van der Waals surface area contributed by atoms with Gasteiger partial charge in [-0.25, -0.2) is 0 Å². The minimum atomic E-state index is 0.723. The Balaban J connectivity index is 1.89. The second-order valence-electron chi connectivity index (χ2n) is 6.00. The molecule has 1 N–H and O–H groups in total. The summed E-state index contributed by atoms with van der Waals surface area (Å²) in [5.74, 6) is 0.723. The van der Waals surface area contributed by atoms with Crippen LogP contribution in [0.3, 0.4) is 0 Å². The van der Waals surface area contributed by atoms with Gasteiger partial charge in [0.1, 0.15) is 0 Å². The third kappa shape index (κ3) is 2.50. The van der Waals surface area contributed by atoms with Crippen molar-refractivity contribution in [1.82, 2.24) is 15.1 Å². The molecule has 0 spiro atoms. The summed E-state index contributed by atoms with van der Waals surface area (Å²) in [5.41, 5.74) is 6.50. The smallest absolute Gasteiger partial charge is 0.0571 e. The van der Waals surface area contributed by atoms with Crippen LogP contribution in [0.4, 0.5) is 0 Å². The van der Waals surface area contributed by atoms with Crippen molar-refractivity contribution in [3.8, 4) is 11.1 Å². The fourth-order valence-corrected chi connectivity index (χ4v) is 3.13. The Hall–Kier alpha value is -1.61. The molecule has 1 saturated heterocycles. The summed E-state index contributed by atoms with van der Waals surface area (Å²) in [4.78, 5) is 0. The number of nitrogens with one attached hydrogen (secondary N) is 1. The van der Waals surface area contributed by atoms with Gasteiger partial charge in [0.2, 0.25) is 0 Å². The highest BCUT2D eigenvalue weighted by atomic mass is 15.3. The third-order valence-corrected chi connectivity index (χ3v) is 4.37. The summed E-state index contributed by atoms with van der Waals surface area (Å²) < 4.78 is 2.17. The van der Waals surface area contributed by atoms with Crippen LogP contribution in [-0.2, 0) is 6.54 Å². The zero-order valence-corrected chi connectivity index (χ0v) is 12.6. The first-order valence-electron chi connectivity index (χ1n) is 7.46. The maximum absolute atomic E-state index is 4.61. The molecule has 106 valence electrons. The number of rotatable bonds is 3. The number of aromatic nitrogens is 2. The zero-order valence-electron chi connectivity index (χ0n) is 12.6. The first-order valence-corrected chi connectivity index (χ1v) is 7.46. The highest BCUT2D eigenvalue weighted by Crippen LogP contribution is 2.27. The summed E-state index contributed by atoms with van der Waals surface area (Å²) in [6.45, 7) is 9.81. The molecule has 3 nitrogen and oxygen atoms in total. The molecule has 0 amide bonds. The van der Waals surface area contributed by atoms with Crippen molar-refractivity contribution in [3.05, 3.63) is 41.2 Å². The molecule has 1 aliphatic heterocycles. The van der Waals surface area contributed by atoms with E-state index in [1.54, 1.807) is 0 Å². The lowest BCUT2D eigenvalue weighted by atomic mass is 9.99. The van der Waals surface area contributed by atoms with E-state index in [0.717, 1.165) is 25.6 Å². The minimum Gasteiger partial charge on any atom is -0.316 e. The van der Waals surface area contributed by atoms with Crippen LogP contribution in [0.15, 0.2) is 24.4 Å². The Morgan fingerprint density at radius 3 is 2.80 bits per heavy atom. The Bertz CT molecular complexity index is 607. The van der Waals surface area contributed by atoms with E-state index in [2.05, 4.69) is 54.1 Å². The van der Waals surface area contributed by atoms with Crippen LogP contribution in [-0.4, -0.2) is 22.9 Å². The van der Waals surface area contributed by atoms with E-state index in [1.165, 1.54) is 34.4 Å². The Labute approximate surface area is 121 Å². The van der Waals surface area contributed by atoms with Crippen molar-refractivity contribution in [1.29, 1.82) is 0 Å². The van der Waals surface area contributed by atoms with Gasteiger partial charge in [-0.1, -0.05) is 23.8 Å². The molecule has 1 aromatic heterocycles. The molecule has 0 saturated carbocycles. The third-order valence-electron chi connectivity index (χ3n) is 4.37. The van der Waals surface area contributed by atoms with Crippen LogP contribution in [0.5, 0.6) is 0 Å². The van der Waals surface area contributed by atoms with Crippen LogP contribution < -0.4 is 5.32 Å². The Morgan fingerprint density at radius 1 is 1.25 bits per heavy atom. The van der Waals surface area contributed by atoms with Crippen molar-refractivity contribution >= 4 is 0 Å². The van der Waals surface area contributed by atoms with Crippen LogP contribution in [0.2, 0.25) is 0 Å². The molecular formula is C17H23N3. The average Bonchev–Trinajstić information content (AvgIpc) is 3.03. The van der Waals surface area contributed by atoms with Gasteiger partial charge in [-0.2, -0.15) is 5.10 Å². The summed E-state index contributed by atoms with van der Waals surface area (Å²) >= 11 is 0. The molecule has 1 fully saturated rings. The van der Waals surface area contributed by atoms with E-state index in [9.17, 15) is 0 Å². The Morgan fingerprint density at radius 2 is 2.10 bits per heavy atom. The SMILES string of the molecule is Cc1ccc(-c2cnn(CC3CCNC3)c2C)c(C)c1. The van der Waals surface area contributed by atoms with Gasteiger partial charge >= 0.3 is 0 Å². The number of benzene rings is 1. The molecule has 1 aliphatic rings. The van der Waals surface area contributed by atoms with E-state index in [1.807, 2.05) is 6.20 Å². The number of hydrogen-bond acceptors (Lipinski definition) is 2. The van der Waals surface area contributed by atoms with Crippen LogP contribution in [0.1, 0.15) is 23.2 Å². The second-order valence-corrected chi connectivity index (χ2v) is 6.00. The maximum Gasteiger partial charge on any atom is 0.0571 e. The molecule has 0 aliphatic carbocycles. The molecule has 1 atom stereocenters. The lowest BCUT2D eigenvalue weighted by Gasteiger charge is -2.11. The highest BCUT2D eigenvalue weighted by Gasteiger charge is 2.18. The van der Waals surface area contributed by atoms with E-state index >= 15 is 0 Å². The molecule has 0 bridgehead atoms. The largest absolute Gasteiger partial charge is 0.316 e. The molecule has 3 rings (SSSR count). The summed E-state index contributed by atoms with van der Waals surface area (Å²) in [5, 5.41) is 8.03. The van der Waals surface area contributed by atoms with Gasteiger partial charge in [0.15, 0.2) is 0 Å². The van der Waals surface area contributed by atoms with Gasteiger partial charge in [0.25, 0.3) is 0 Å². The Kier molecular flexibility index (Phi) is 3.62. The first kappa shape index (κ1) is 13.4. The fraction of sp³-hybridized carbons (Fsp3) is 0.471. The van der Waals surface area contributed by atoms with Gasteiger partial charge in [-0.15, -0.1) is 0 Å². The van der Waals surface area contributed by atoms with Crippen LogP contribution in [0.25, 0.3) is 11.1 Å². The number of nitrogens with zero attached hydrogens (tertiary/aromatic N) is 2. The zero-order chi connectivity index (χ0) is 14.1. The van der Waals surface area contributed by atoms with E-state index in [0.29, 0.717) is 0 Å². The normalized spacial score (nSPS) is 18.6. The van der Waals surface area contributed by atoms with E-state index in [-0.39, 0.29) is 0 Å². The topological polar surface area (TPSA) is 29.9 Å². The lowest BCUT2D eigenvalue weighted by Crippen LogP contribution is -2.16. The average molecular weight is 269 g/mol. The highest BCUT2D eigenvalue weighted by molar-refractivity contribution is 5.69. The lowest BCUT2D eigenvalue weighted by molar-refractivity contribution is 0.443. The number of hydrogen-bond donors (Lipinski definition) is 1. The van der Waals surface area contributed by atoms with Crippen LogP contribution >= 0.6 is 0 Å². The summed E-state index contributed by atoms with van der Waals surface area (Å²) in [6.07, 6.45) is 3.29. The second kappa shape index (κ2) is 5.41. The van der Waals surface area contributed by atoms with E-state index in [4.69, 9.17) is 0 Å². The molecule has 20 heavy (non-hydrogen) atoms.